The average Bonchev–Trinajstić information content (AvgIpc) is 2.76. The van der Waals surface area contributed by atoms with Crippen LogP contribution in [0.25, 0.3) is 10.2 Å². The number of hydrogen-bond donors (Lipinski definition) is 1. The van der Waals surface area contributed by atoms with Crippen molar-refractivity contribution >= 4 is 33.3 Å². The first-order chi connectivity index (χ1) is 9.47. The Balaban J connectivity index is 2.07. The maximum absolute atomic E-state index is 12.2. The van der Waals surface area contributed by atoms with Crippen LogP contribution in [0.5, 0.6) is 0 Å². The highest BCUT2D eigenvalue weighted by atomic mass is 32.1. The molecule has 1 N–H and O–H groups in total. The van der Waals surface area contributed by atoms with E-state index >= 15 is 0 Å². The molecule has 2 aromatic heterocycles. The van der Waals surface area contributed by atoms with Crippen molar-refractivity contribution in [2.24, 2.45) is 5.41 Å². The molecule has 106 valence electrons. The molecule has 1 aliphatic rings. The van der Waals surface area contributed by atoms with Gasteiger partial charge in [0, 0.05) is 10.3 Å². The van der Waals surface area contributed by atoms with E-state index in [1.165, 1.54) is 23.3 Å². The van der Waals surface area contributed by atoms with Gasteiger partial charge in [0.25, 0.3) is 0 Å². The number of aryl methyl sites for hydroxylation is 2. The predicted octanol–water partition coefficient (Wildman–Crippen LogP) is 3.55. The molecular formula is C15H19N3OS. The Kier molecular flexibility index (Phi) is 3.24. The third kappa shape index (κ3) is 2.30. The second kappa shape index (κ2) is 4.81. The molecule has 0 spiro atoms. The Morgan fingerprint density at radius 1 is 1.25 bits per heavy atom. The SMILES string of the molecule is CC(C)(C)C(=O)Nc1ncnc2sc3c(c12)CCCC3. The molecule has 3 rings (SSSR count). The fourth-order valence-electron chi connectivity index (χ4n) is 2.48. The van der Waals surface area contributed by atoms with E-state index in [-0.39, 0.29) is 5.91 Å². The molecule has 2 aromatic rings. The minimum atomic E-state index is -0.423. The number of amides is 1. The molecule has 0 aromatic carbocycles. The van der Waals surface area contributed by atoms with Gasteiger partial charge in [-0.05, 0) is 31.2 Å². The van der Waals surface area contributed by atoms with E-state index in [9.17, 15) is 4.79 Å². The van der Waals surface area contributed by atoms with Crippen LogP contribution in [0.3, 0.4) is 0 Å². The van der Waals surface area contributed by atoms with Gasteiger partial charge in [-0.15, -0.1) is 11.3 Å². The zero-order chi connectivity index (χ0) is 14.3. The van der Waals surface area contributed by atoms with Gasteiger partial charge in [0.1, 0.15) is 17.0 Å². The first-order valence-corrected chi connectivity index (χ1v) is 7.85. The first kappa shape index (κ1) is 13.5. The number of anilines is 1. The summed E-state index contributed by atoms with van der Waals surface area (Å²) in [4.78, 5) is 23.3. The zero-order valence-electron chi connectivity index (χ0n) is 12.1. The lowest BCUT2D eigenvalue weighted by Gasteiger charge is -2.18. The Hall–Kier alpha value is -1.49. The van der Waals surface area contributed by atoms with Crippen molar-refractivity contribution in [3.8, 4) is 0 Å². The molecule has 4 nitrogen and oxygen atoms in total. The van der Waals surface area contributed by atoms with Crippen molar-refractivity contribution in [2.75, 3.05) is 5.32 Å². The van der Waals surface area contributed by atoms with Crippen molar-refractivity contribution in [3.05, 3.63) is 16.8 Å². The first-order valence-electron chi connectivity index (χ1n) is 7.03. The van der Waals surface area contributed by atoms with Gasteiger partial charge in [0.15, 0.2) is 0 Å². The molecule has 0 saturated heterocycles. The van der Waals surface area contributed by atoms with Crippen LogP contribution in [0.15, 0.2) is 6.33 Å². The van der Waals surface area contributed by atoms with Crippen LogP contribution in [-0.2, 0) is 17.6 Å². The van der Waals surface area contributed by atoms with Crippen molar-refractivity contribution in [1.29, 1.82) is 0 Å². The molecule has 1 amide bonds. The molecule has 20 heavy (non-hydrogen) atoms. The van der Waals surface area contributed by atoms with E-state index in [1.807, 2.05) is 20.8 Å². The Morgan fingerprint density at radius 3 is 2.75 bits per heavy atom. The molecule has 0 fully saturated rings. The number of aromatic nitrogens is 2. The van der Waals surface area contributed by atoms with Gasteiger partial charge in [0.05, 0.1) is 5.39 Å². The number of thiophene rings is 1. The van der Waals surface area contributed by atoms with Gasteiger partial charge in [0.2, 0.25) is 5.91 Å². The topological polar surface area (TPSA) is 54.9 Å². The summed E-state index contributed by atoms with van der Waals surface area (Å²) in [7, 11) is 0. The van der Waals surface area contributed by atoms with Crippen LogP contribution >= 0.6 is 11.3 Å². The normalized spacial score (nSPS) is 15.2. The Morgan fingerprint density at radius 2 is 2.00 bits per heavy atom. The van der Waals surface area contributed by atoms with E-state index in [0.29, 0.717) is 5.82 Å². The fourth-order valence-corrected chi connectivity index (χ4v) is 3.71. The summed E-state index contributed by atoms with van der Waals surface area (Å²) in [5.41, 5.74) is 0.925. The van der Waals surface area contributed by atoms with E-state index < -0.39 is 5.41 Å². The molecule has 1 aliphatic carbocycles. The van der Waals surface area contributed by atoms with Crippen LogP contribution in [0, 0.1) is 5.41 Å². The van der Waals surface area contributed by atoms with Gasteiger partial charge in [-0.1, -0.05) is 20.8 Å². The number of hydrogen-bond acceptors (Lipinski definition) is 4. The van der Waals surface area contributed by atoms with E-state index in [0.717, 1.165) is 23.1 Å². The van der Waals surface area contributed by atoms with Crippen molar-refractivity contribution in [1.82, 2.24) is 9.97 Å². The van der Waals surface area contributed by atoms with E-state index in [1.54, 1.807) is 17.7 Å². The van der Waals surface area contributed by atoms with Crippen molar-refractivity contribution in [2.45, 2.75) is 46.5 Å². The minimum Gasteiger partial charge on any atom is -0.310 e. The summed E-state index contributed by atoms with van der Waals surface area (Å²) >= 11 is 1.75. The molecule has 5 heteroatoms. The fraction of sp³-hybridized carbons (Fsp3) is 0.533. The highest BCUT2D eigenvalue weighted by molar-refractivity contribution is 7.19. The van der Waals surface area contributed by atoms with Gasteiger partial charge < -0.3 is 5.32 Å². The summed E-state index contributed by atoms with van der Waals surface area (Å²) < 4.78 is 0. The summed E-state index contributed by atoms with van der Waals surface area (Å²) in [6.45, 7) is 5.72. The molecule has 2 heterocycles. The molecule has 0 saturated carbocycles. The zero-order valence-corrected chi connectivity index (χ0v) is 12.9. The second-order valence-electron chi connectivity index (χ2n) is 6.32. The lowest BCUT2D eigenvalue weighted by atomic mass is 9.95. The second-order valence-corrected chi connectivity index (χ2v) is 7.40. The largest absolute Gasteiger partial charge is 0.310 e. The predicted molar refractivity (Wildman–Crippen MR) is 82.1 cm³/mol. The summed E-state index contributed by atoms with van der Waals surface area (Å²) in [5.74, 6) is 0.669. The van der Waals surface area contributed by atoms with Gasteiger partial charge >= 0.3 is 0 Å². The lowest BCUT2D eigenvalue weighted by Crippen LogP contribution is -2.28. The highest BCUT2D eigenvalue weighted by Gasteiger charge is 2.25. The van der Waals surface area contributed by atoms with Gasteiger partial charge in [-0.2, -0.15) is 0 Å². The number of nitrogens with one attached hydrogen (secondary N) is 1. The van der Waals surface area contributed by atoms with Crippen molar-refractivity contribution in [3.63, 3.8) is 0 Å². The Labute approximate surface area is 122 Å². The number of fused-ring (bicyclic) bond motifs is 3. The van der Waals surface area contributed by atoms with Crippen LogP contribution in [0.4, 0.5) is 5.82 Å². The average molecular weight is 289 g/mol. The number of rotatable bonds is 1. The third-order valence-corrected chi connectivity index (χ3v) is 4.86. The van der Waals surface area contributed by atoms with Crippen LogP contribution in [0.2, 0.25) is 0 Å². The monoisotopic (exact) mass is 289 g/mol. The molecule has 0 bridgehead atoms. The number of carbonyl (C=O) groups is 1. The summed E-state index contributed by atoms with van der Waals surface area (Å²) in [6.07, 6.45) is 6.20. The quantitative estimate of drug-likeness (QED) is 0.873. The minimum absolute atomic E-state index is 0.00624. The summed E-state index contributed by atoms with van der Waals surface area (Å²) in [6, 6.07) is 0. The maximum Gasteiger partial charge on any atom is 0.230 e. The highest BCUT2D eigenvalue weighted by Crippen LogP contribution is 2.38. The standard InChI is InChI=1S/C15H19N3OS/c1-15(2,3)14(19)18-12-11-9-6-4-5-7-10(9)20-13(11)17-8-16-12/h8H,4-7H2,1-3H3,(H,16,17,18,19). The van der Waals surface area contributed by atoms with Crippen molar-refractivity contribution < 1.29 is 4.79 Å². The smallest absolute Gasteiger partial charge is 0.230 e. The molecule has 0 aliphatic heterocycles. The van der Waals surface area contributed by atoms with E-state index in [2.05, 4.69) is 15.3 Å². The molecule has 0 unspecified atom stereocenters. The molecular weight excluding hydrogens is 270 g/mol. The number of nitrogens with zero attached hydrogens (tertiary/aromatic N) is 2. The third-order valence-electron chi connectivity index (χ3n) is 3.66. The maximum atomic E-state index is 12.2. The Bertz CT molecular complexity index is 670. The van der Waals surface area contributed by atoms with Gasteiger partial charge in [-0.25, -0.2) is 9.97 Å². The number of carbonyl (C=O) groups excluding carboxylic acids is 1. The van der Waals surface area contributed by atoms with E-state index in [4.69, 9.17) is 0 Å². The molecule has 0 radical (unpaired) electrons. The summed E-state index contributed by atoms with van der Waals surface area (Å²) in [5, 5.41) is 4.04. The van der Waals surface area contributed by atoms with Crippen LogP contribution < -0.4 is 5.32 Å². The molecule has 0 atom stereocenters. The van der Waals surface area contributed by atoms with Crippen LogP contribution in [0.1, 0.15) is 44.1 Å². The van der Waals surface area contributed by atoms with Crippen LogP contribution in [-0.4, -0.2) is 15.9 Å². The van der Waals surface area contributed by atoms with Gasteiger partial charge in [-0.3, -0.25) is 4.79 Å². The lowest BCUT2D eigenvalue weighted by molar-refractivity contribution is -0.123.